The first-order valence-corrected chi connectivity index (χ1v) is 12.3. The minimum absolute atomic E-state index is 0.0672. The Morgan fingerprint density at radius 1 is 1.03 bits per heavy atom. The third-order valence-electron chi connectivity index (χ3n) is 5.59. The number of hydrogen-bond acceptors (Lipinski definition) is 7. The van der Waals surface area contributed by atoms with Crippen LogP contribution in [0.5, 0.6) is 0 Å². The summed E-state index contributed by atoms with van der Waals surface area (Å²) in [4.78, 5) is 27.5. The summed E-state index contributed by atoms with van der Waals surface area (Å²) in [6.07, 6.45) is 0.943. The molecule has 1 aliphatic heterocycles. The Morgan fingerprint density at radius 3 is 2.19 bits per heavy atom. The Morgan fingerprint density at radius 2 is 1.62 bits per heavy atom. The minimum atomic E-state index is -3.69. The molecule has 0 radical (unpaired) electrons. The summed E-state index contributed by atoms with van der Waals surface area (Å²) in [5, 5.41) is 13.8. The molecule has 0 bridgehead atoms. The number of carbonyl (C=O) groups is 1. The van der Waals surface area contributed by atoms with Crippen molar-refractivity contribution in [2.45, 2.75) is 24.9 Å². The molecular formula is C22H28N4O5S. The number of non-ortho nitro benzene ring substituents is 1. The fraction of sp³-hybridized carbons (Fsp3) is 0.409. The number of carbonyl (C=O) groups excluding carboxylic acids is 1. The van der Waals surface area contributed by atoms with Crippen molar-refractivity contribution in [3.63, 3.8) is 0 Å². The average molecular weight is 461 g/mol. The lowest BCUT2D eigenvalue weighted by atomic mass is 10.1. The van der Waals surface area contributed by atoms with Crippen LogP contribution in [0.25, 0.3) is 0 Å². The van der Waals surface area contributed by atoms with E-state index in [9.17, 15) is 23.3 Å². The van der Waals surface area contributed by atoms with Gasteiger partial charge < -0.3 is 10.2 Å². The molecule has 10 heteroatoms. The van der Waals surface area contributed by atoms with Crippen molar-refractivity contribution >= 4 is 21.4 Å². The van der Waals surface area contributed by atoms with Gasteiger partial charge in [0.15, 0.2) is 9.84 Å². The fourth-order valence-corrected chi connectivity index (χ4v) is 4.28. The van der Waals surface area contributed by atoms with Gasteiger partial charge in [-0.3, -0.25) is 19.8 Å². The molecule has 1 saturated heterocycles. The number of rotatable bonds is 8. The van der Waals surface area contributed by atoms with E-state index in [-0.39, 0.29) is 17.0 Å². The van der Waals surface area contributed by atoms with Crippen LogP contribution in [0, 0.1) is 10.1 Å². The second-order valence-electron chi connectivity index (χ2n) is 7.95. The monoisotopic (exact) mass is 460 g/mol. The zero-order valence-electron chi connectivity index (χ0n) is 18.3. The van der Waals surface area contributed by atoms with Gasteiger partial charge in [0.25, 0.3) is 11.6 Å². The molecule has 1 aliphatic rings. The highest BCUT2D eigenvalue weighted by atomic mass is 32.2. The SMILES string of the molecule is CCN1CCN(Cc2ccc(CNC(=O)c3cc([N+](=O)[O-])cc(S(C)(=O)=O)c3)cc2)CC1. The van der Waals surface area contributed by atoms with E-state index in [0.717, 1.165) is 69.3 Å². The molecule has 0 saturated carbocycles. The normalized spacial score (nSPS) is 15.4. The van der Waals surface area contributed by atoms with Crippen molar-refractivity contribution in [1.82, 2.24) is 15.1 Å². The Hall–Kier alpha value is -2.82. The molecular weight excluding hydrogens is 432 g/mol. The van der Waals surface area contributed by atoms with Crippen LogP contribution in [-0.4, -0.2) is 68.0 Å². The first-order chi connectivity index (χ1) is 15.2. The number of amides is 1. The number of nitrogens with one attached hydrogen (secondary N) is 1. The summed E-state index contributed by atoms with van der Waals surface area (Å²) in [6, 6.07) is 11.1. The molecule has 2 aromatic rings. The molecule has 3 rings (SSSR count). The summed E-state index contributed by atoms with van der Waals surface area (Å²) in [7, 11) is -3.69. The number of nitrogens with zero attached hydrogens (tertiary/aromatic N) is 3. The Kier molecular flexibility index (Phi) is 7.60. The van der Waals surface area contributed by atoms with Crippen LogP contribution in [0.3, 0.4) is 0 Å². The number of piperazine rings is 1. The van der Waals surface area contributed by atoms with Crippen LogP contribution in [0.1, 0.15) is 28.4 Å². The maximum Gasteiger partial charge on any atom is 0.271 e. The maximum absolute atomic E-state index is 12.5. The van der Waals surface area contributed by atoms with Crippen molar-refractivity contribution < 1.29 is 18.1 Å². The summed E-state index contributed by atoms with van der Waals surface area (Å²) in [6.45, 7) is 8.63. The van der Waals surface area contributed by atoms with E-state index in [1.807, 2.05) is 24.3 Å². The summed E-state index contributed by atoms with van der Waals surface area (Å²) < 4.78 is 23.6. The second kappa shape index (κ2) is 10.2. The van der Waals surface area contributed by atoms with Gasteiger partial charge in [0.05, 0.1) is 9.82 Å². The van der Waals surface area contributed by atoms with Crippen LogP contribution in [0.4, 0.5) is 5.69 Å². The Labute approximate surface area is 188 Å². The van der Waals surface area contributed by atoms with Gasteiger partial charge in [0.2, 0.25) is 0 Å². The molecule has 32 heavy (non-hydrogen) atoms. The topological polar surface area (TPSA) is 113 Å². The van der Waals surface area contributed by atoms with Crippen molar-refractivity contribution in [1.29, 1.82) is 0 Å². The van der Waals surface area contributed by atoms with E-state index in [2.05, 4.69) is 22.0 Å². The maximum atomic E-state index is 12.5. The van der Waals surface area contributed by atoms with Gasteiger partial charge in [-0.25, -0.2) is 8.42 Å². The number of nitro groups is 1. The van der Waals surface area contributed by atoms with Gasteiger partial charge in [0, 0.05) is 63.2 Å². The third kappa shape index (κ3) is 6.35. The van der Waals surface area contributed by atoms with Gasteiger partial charge in [0.1, 0.15) is 0 Å². The van der Waals surface area contributed by atoms with Crippen molar-refractivity contribution in [2.24, 2.45) is 0 Å². The van der Waals surface area contributed by atoms with Gasteiger partial charge in [-0.15, -0.1) is 0 Å². The van der Waals surface area contributed by atoms with E-state index < -0.39 is 26.4 Å². The largest absolute Gasteiger partial charge is 0.348 e. The van der Waals surface area contributed by atoms with E-state index >= 15 is 0 Å². The lowest BCUT2D eigenvalue weighted by molar-refractivity contribution is -0.385. The molecule has 1 heterocycles. The predicted molar refractivity (Wildman–Crippen MR) is 121 cm³/mol. The Bertz CT molecular complexity index is 1080. The van der Waals surface area contributed by atoms with Crippen LogP contribution in [-0.2, 0) is 22.9 Å². The minimum Gasteiger partial charge on any atom is -0.348 e. The molecule has 172 valence electrons. The number of likely N-dealkylation sites (N-methyl/N-ethyl adjacent to an activating group) is 1. The van der Waals surface area contributed by atoms with E-state index in [1.54, 1.807) is 0 Å². The van der Waals surface area contributed by atoms with Crippen molar-refractivity contribution in [2.75, 3.05) is 39.0 Å². The van der Waals surface area contributed by atoms with E-state index in [0.29, 0.717) is 0 Å². The summed E-state index contributed by atoms with van der Waals surface area (Å²) >= 11 is 0. The van der Waals surface area contributed by atoms with Gasteiger partial charge in [-0.2, -0.15) is 0 Å². The number of nitro benzene ring substituents is 1. The standard InChI is InChI=1S/C22H28N4O5S/c1-3-24-8-10-25(11-9-24)16-18-6-4-17(5-7-18)15-23-22(27)19-12-20(26(28)29)14-21(13-19)32(2,30)31/h4-7,12-14H,3,8-11,15-16H2,1-2H3,(H,23,27). The molecule has 1 N–H and O–H groups in total. The van der Waals surface area contributed by atoms with Gasteiger partial charge >= 0.3 is 0 Å². The smallest absolute Gasteiger partial charge is 0.271 e. The lowest BCUT2D eigenvalue weighted by Crippen LogP contribution is -2.45. The highest BCUT2D eigenvalue weighted by Crippen LogP contribution is 2.21. The first-order valence-electron chi connectivity index (χ1n) is 10.5. The predicted octanol–water partition coefficient (Wildman–Crippen LogP) is 2.07. The quantitative estimate of drug-likeness (QED) is 0.474. The summed E-state index contributed by atoms with van der Waals surface area (Å²) in [5.74, 6) is -0.573. The average Bonchev–Trinajstić information content (AvgIpc) is 2.78. The number of benzene rings is 2. The third-order valence-corrected chi connectivity index (χ3v) is 6.68. The molecule has 0 aliphatic carbocycles. The molecule has 0 spiro atoms. The molecule has 1 fully saturated rings. The van der Waals surface area contributed by atoms with Crippen LogP contribution >= 0.6 is 0 Å². The van der Waals surface area contributed by atoms with Gasteiger partial charge in [-0.05, 0) is 23.7 Å². The zero-order valence-corrected chi connectivity index (χ0v) is 19.1. The molecule has 0 aromatic heterocycles. The molecule has 9 nitrogen and oxygen atoms in total. The summed E-state index contributed by atoms with van der Waals surface area (Å²) in [5.41, 5.74) is 1.57. The van der Waals surface area contributed by atoms with Crippen LogP contribution in [0.15, 0.2) is 47.4 Å². The van der Waals surface area contributed by atoms with E-state index in [4.69, 9.17) is 0 Å². The second-order valence-corrected chi connectivity index (χ2v) is 9.97. The lowest BCUT2D eigenvalue weighted by Gasteiger charge is -2.34. The molecule has 0 atom stereocenters. The van der Waals surface area contributed by atoms with Crippen LogP contribution in [0.2, 0.25) is 0 Å². The Balaban J connectivity index is 1.60. The van der Waals surface area contributed by atoms with Gasteiger partial charge in [-0.1, -0.05) is 31.2 Å². The fourth-order valence-electron chi connectivity index (χ4n) is 3.60. The van der Waals surface area contributed by atoms with Crippen molar-refractivity contribution in [3.8, 4) is 0 Å². The molecule has 1 amide bonds. The zero-order chi connectivity index (χ0) is 23.3. The number of sulfone groups is 1. The van der Waals surface area contributed by atoms with E-state index in [1.165, 1.54) is 5.56 Å². The van der Waals surface area contributed by atoms with Crippen molar-refractivity contribution in [3.05, 3.63) is 69.3 Å². The highest BCUT2D eigenvalue weighted by molar-refractivity contribution is 7.90. The van der Waals surface area contributed by atoms with Crippen LogP contribution < -0.4 is 5.32 Å². The number of hydrogen-bond donors (Lipinski definition) is 1. The molecule has 2 aromatic carbocycles. The highest BCUT2D eigenvalue weighted by Gasteiger charge is 2.19. The first kappa shape index (κ1) is 23.8. The molecule has 0 unspecified atom stereocenters.